The lowest BCUT2D eigenvalue weighted by Crippen LogP contribution is -2.43. The summed E-state index contributed by atoms with van der Waals surface area (Å²) < 4.78 is 8.17. The van der Waals surface area contributed by atoms with E-state index in [4.69, 9.17) is 21.7 Å². The zero-order valence-corrected chi connectivity index (χ0v) is 60.1. The number of carbonyl (C=O) groups excluding carboxylic acids is 4. The zero-order valence-electron chi connectivity index (χ0n) is 57.8. The lowest BCUT2D eigenvalue weighted by atomic mass is 9.92. The average molecular weight is 1520 g/mol. The van der Waals surface area contributed by atoms with Gasteiger partial charge >= 0.3 is 23.3 Å². The lowest BCUT2D eigenvalue weighted by Gasteiger charge is -2.33. The molecular weight excluding hydrogens is 1440 g/mol. The van der Waals surface area contributed by atoms with Crippen LogP contribution in [0.2, 0.25) is 0 Å². The van der Waals surface area contributed by atoms with Crippen LogP contribution in [0.1, 0.15) is 137 Å². The molecule has 2 fully saturated rings. The smallest absolute Gasteiger partial charge is 0.337 e. The number of nitrogen functional groups attached to an aromatic ring is 2. The van der Waals surface area contributed by atoms with Crippen LogP contribution in [0.3, 0.4) is 0 Å². The Hall–Kier alpha value is -11.8. The molecule has 2 saturated heterocycles. The molecule has 2 aliphatic heterocycles. The number of halogens is 1. The van der Waals surface area contributed by atoms with E-state index in [9.17, 15) is 47.9 Å². The molecule has 2 aliphatic rings. The second-order valence-corrected chi connectivity index (χ2v) is 25.7. The Bertz CT molecular complexity index is 4770. The molecule has 103 heavy (non-hydrogen) atoms. The Morgan fingerprint density at radius 1 is 0.505 bits per heavy atom. The minimum atomic E-state index is -1.26. The number of rotatable bonds is 16. The number of amides is 4. The number of carboxylic acids is 2. The third-order valence-electron chi connectivity index (χ3n) is 17.5. The van der Waals surface area contributed by atoms with Crippen molar-refractivity contribution < 1.29 is 39.0 Å². The number of nitrogens with zero attached hydrogens (tertiary/aromatic N) is 14. The fourth-order valence-corrected chi connectivity index (χ4v) is 12.3. The first-order valence-corrected chi connectivity index (χ1v) is 33.1. The van der Waals surface area contributed by atoms with Crippen LogP contribution in [0.25, 0.3) is 44.9 Å². The maximum atomic E-state index is 13.4. The van der Waals surface area contributed by atoms with Crippen LogP contribution in [-0.4, -0.2) is 139 Å². The third kappa shape index (κ3) is 16.7. The maximum Gasteiger partial charge on any atom is 0.337 e. The summed E-state index contributed by atoms with van der Waals surface area (Å²) in [5.74, 6) is -2.23. The highest BCUT2D eigenvalue weighted by molar-refractivity contribution is 14.0. The van der Waals surface area contributed by atoms with Crippen molar-refractivity contribution in [1.29, 1.82) is 0 Å². The SMILES string of the molecule is CC(C)C(=O)N1CCC(c2cc(-c3ccc(NC(=O)c4cn(C(C)C)c(=O)n(-c5ccccn5)c4=O)cc3)c3c(N)ncnn23)CC1.CC(C)C(=O)N1CCC(c2cc(-c3ccc(NC(=O)c4cn(C(C)C)c(=O)n(-c5ccccn5)c4=O)cc3)c3c(N)ncnn23)CC1.I.O=C(O)/C=C\C(=O)O. The Morgan fingerprint density at radius 3 is 1.16 bits per heavy atom. The second-order valence-electron chi connectivity index (χ2n) is 25.7. The van der Waals surface area contributed by atoms with Crippen molar-refractivity contribution in [3.05, 3.63) is 211 Å². The van der Waals surface area contributed by atoms with Gasteiger partial charge in [0.15, 0.2) is 11.6 Å². The van der Waals surface area contributed by atoms with Gasteiger partial charge in [-0.1, -0.05) is 64.1 Å². The number of aliphatic carboxylic acids is 2. The molecule has 0 aliphatic carbocycles. The molecule has 8 aromatic heterocycles. The molecule has 0 atom stereocenters. The first-order valence-electron chi connectivity index (χ1n) is 33.1. The van der Waals surface area contributed by atoms with Gasteiger partial charge < -0.3 is 42.1 Å². The highest BCUT2D eigenvalue weighted by Gasteiger charge is 2.32. The van der Waals surface area contributed by atoms with Crippen molar-refractivity contribution in [2.24, 2.45) is 11.8 Å². The molecule has 10 aromatic rings. The molecule has 536 valence electrons. The highest BCUT2D eigenvalue weighted by Crippen LogP contribution is 2.39. The number of hydrogen-bond donors (Lipinski definition) is 6. The Morgan fingerprint density at radius 2 is 0.854 bits per heavy atom. The number of carbonyl (C=O) groups is 6. The fourth-order valence-electron chi connectivity index (χ4n) is 12.3. The van der Waals surface area contributed by atoms with E-state index in [1.54, 1.807) is 88.4 Å². The molecule has 4 amide bonds. The average Bonchev–Trinajstić information content (AvgIpc) is 1.70. The largest absolute Gasteiger partial charge is 0.478 e. The van der Waals surface area contributed by atoms with Crippen LogP contribution in [0.4, 0.5) is 23.0 Å². The van der Waals surface area contributed by atoms with Crippen molar-refractivity contribution >= 4 is 93.6 Å². The maximum absolute atomic E-state index is 13.4. The monoisotopic (exact) mass is 1510 g/mol. The van der Waals surface area contributed by atoms with Crippen LogP contribution in [0.15, 0.2) is 166 Å². The van der Waals surface area contributed by atoms with E-state index in [1.165, 1.54) is 46.6 Å². The number of aromatic nitrogens is 12. The van der Waals surface area contributed by atoms with Gasteiger partial charge in [-0.3, -0.25) is 37.9 Å². The topological polar surface area (TPSA) is 400 Å². The van der Waals surface area contributed by atoms with E-state index in [2.05, 4.69) is 52.9 Å². The van der Waals surface area contributed by atoms with Crippen LogP contribution >= 0.6 is 24.0 Å². The Kier molecular flexibility index (Phi) is 23.9. The Labute approximate surface area is 606 Å². The van der Waals surface area contributed by atoms with Gasteiger partial charge in [0.1, 0.15) is 46.5 Å². The van der Waals surface area contributed by atoms with Crippen molar-refractivity contribution in [2.75, 3.05) is 48.3 Å². The number of hydrogen-bond acceptors (Lipinski definition) is 18. The molecule has 0 spiro atoms. The van der Waals surface area contributed by atoms with Gasteiger partial charge in [-0.25, -0.2) is 57.3 Å². The van der Waals surface area contributed by atoms with E-state index in [-0.39, 0.29) is 94.3 Å². The highest BCUT2D eigenvalue weighted by atomic mass is 127. The van der Waals surface area contributed by atoms with Gasteiger partial charge in [-0.2, -0.15) is 10.2 Å². The predicted molar refractivity (Wildman–Crippen MR) is 397 cm³/mol. The van der Waals surface area contributed by atoms with Gasteiger partial charge in [-0.15, -0.1) is 24.0 Å². The molecule has 0 saturated carbocycles. The van der Waals surface area contributed by atoms with Crippen molar-refractivity contribution in [3.63, 3.8) is 0 Å². The fraction of sp³-hybridized carbons (Fsp3) is 0.306. The number of pyridine rings is 2. The summed E-state index contributed by atoms with van der Waals surface area (Å²) in [6.07, 6.45) is 12.8. The van der Waals surface area contributed by atoms with E-state index in [0.29, 0.717) is 72.4 Å². The van der Waals surface area contributed by atoms with Crippen LogP contribution in [-0.2, 0) is 19.2 Å². The van der Waals surface area contributed by atoms with E-state index in [1.807, 2.05) is 70.8 Å². The summed E-state index contributed by atoms with van der Waals surface area (Å²) in [5.41, 5.74) is 17.3. The number of anilines is 4. The van der Waals surface area contributed by atoms with E-state index in [0.717, 1.165) is 68.5 Å². The van der Waals surface area contributed by atoms with Gasteiger partial charge in [0, 0.05) is 133 Å². The number of likely N-dealkylation sites (tertiary alicyclic amines) is 2. The van der Waals surface area contributed by atoms with E-state index >= 15 is 0 Å². The summed E-state index contributed by atoms with van der Waals surface area (Å²) in [6, 6.07) is 27.7. The second kappa shape index (κ2) is 32.7. The number of nitrogens with two attached hydrogens (primary N) is 2. The standard InChI is InChI=1S/2C34H37N9O4.C4H4O4.HI/c2*1-20(2)32(45)40-15-12-23(13-16-40)27-17-25(29-30(35)37-19-38-43(27)29)22-8-10-24(11-9-22)39-31(44)26-18-41(21(3)4)34(47)42(33(26)46)28-7-5-6-14-36-28;5-3(6)1-2-4(7)8;/h2*5-11,14,17-21,23H,12-13,15-16H2,1-4H3,(H,39,44)(H2,35,37,38);1-2H,(H,5,6)(H,7,8);1H/b;;2-1-;. The molecule has 2 aromatic carbocycles. The third-order valence-corrected chi connectivity index (χ3v) is 17.5. The van der Waals surface area contributed by atoms with Gasteiger partial charge in [0.25, 0.3) is 22.9 Å². The molecule has 31 heteroatoms. The summed E-state index contributed by atoms with van der Waals surface area (Å²) in [6.45, 7) is 17.6. The van der Waals surface area contributed by atoms with Crippen LogP contribution in [0, 0.1) is 11.8 Å². The number of fused-ring (bicyclic) bond motifs is 2. The number of nitrogens with one attached hydrogen (secondary N) is 2. The van der Waals surface area contributed by atoms with Crippen LogP contribution < -0.4 is 44.6 Å². The zero-order chi connectivity index (χ0) is 73.4. The predicted octanol–water partition coefficient (Wildman–Crippen LogP) is 8.09. The van der Waals surface area contributed by atoms with Gasteiger partial charge in [0.2, 0.25) is 11.8 Å². The number of piperidine rings is 2. The molecular formula is C72H79IN18O12. The molecule has 30 nitrogen and oxygen atoms in total. The normalized spacial score (nSPS) is 13.4. The minimum absolute atomic E-state index is 0. The lowest BCUT2D eigenvalue weighted by molar-refractivity contribution is -0.136. The van der Waals surface area contributed by atoms with Crippen molar-refractivity contribution in [2.45, 2.75) is 105 Å². The van der Waals surface area contributed by atoms with E-state index < -0.39 is 46.3 Å². The molecule has 10 heterocycles. The summed E-state index contributed by atoms with van der Waals surface area (Å²) in [4.78, 5) is 145. The molecule has 0 unspecified atom stereocenters. The molecule has 8 N–H and O–H groups in total. The first kappa shape index (κ1) is 75.4. The van der Waals surface area contributed by atoms with Gasteiger partial charge in [-0.05, 0) is 125 Å². The first-order chi connectivity index (χ1) is 48.7. The Balaban J connectivity index is 0.000000214. The van der Waals surface area contributed by atoms with Crippen LogP contribution in [0.5, 0.6) is 0 Å². The van der Waals surface area contributed by atoms with Crippen molar-refractivity contribution in [3.8, 4) is 33.9 Å². The molecule has 0 bridgehead atoms. The quantitative estimate of drug-likeness (QED) is 0.0393. The number of carboxylic acid groups (broad SMARTS) is 2. The molecule has 0 radical (unpaired) electrons. The van der Waals surface area contributed by atoms with Gasteiger partial charge in [0.05, 0.1) is 0 Å². The molecule has 12 rings (SSSR count). The van der Waals surface area contributed by atoms with Crippen molar-refractivity contribution in [1.82, 2.24) is 67.2 Å². The number of benzene rings is 2. The minimum Gasteiger partial charge on any atom is -0.478 e. The summed E-state index contributed by atoms with van der Waals surface area (Å²) >= 11 is 0. The summed E-state index contributed by atoms with van der Waals surface area (Å²) in [7, 11) is 0. The summed E-state index contributed by atoms with van der Waals surface area (Å²) in [5, 5.41) is 30.3.